The second kappa shape index (κ2) is 5.82. The van der Waals surface area contributed by atoms with Crippen LogP contribution in [0.4, 0.5) is 0 Å². The van der Waals surface area contributed by atoms with Crippen molar-refractivity contribution in [3.05, 3.63) is 59.4 Å². The Morgan fingerprint density at radius 3 is 2.50 bits per heavy atom. The van der Waals surface area contributed by atoms with Gasteiger partial charge in [0.1, 0.15) is 0 Å². The van der Waals surface area contributed by atoms with Gasteiger partial charge in [0, 0.05) is 18.9 Å². The molecular weight excluding hydrogens is 296 g/mol. The fourth-order valence-corrected chi connectivity index (χ4v) is 4.65. The Kier molecular flexibility index (Phi) is 4.02. The normalized spacial score (nSPS) is 19.5. The maximum atomic E-state index is 12.9. The van der Waals surface area contributed by atoms with E-state index in [0.29, 0.717) is 11.4 Å². The molecule has 0 aliphatic carbocycles. The van der Waals surface area contributed by atoms with Crippen LogP contribution in [0.2, 0.25) is 0 Å². The van der Waals surface area contributed by atoms with Gasteiger partial charge < -0.3 is 0 Å². The van der Waals surface area contributed by atoms with E-state index in [1.54, 1.807) is 28.8 Å². The number of hydrogen-bond acceptors (Lipinski definition) is 3. The van der Waals surface area contributed by atoms with Crippen molar-refractivity contribution in [3.8, 4) is 0 Å². The Morgan fingerprint density at radius 1 is 1.09 bits per heavy atom. The zero-order valence-electron chi connectivity index (χ0n) is 12.9. The number of rotatable bonds is 3. The van der Waals surface area contributed by atoms with Gasteiger partial charge in [-0.15, -0.1) is 0 Å². The molecule has 1 unspecified atom stereocenters. The van der Waals surface area contributed by atoms with Gasteiger partial charge >= 0.3 is 0 Å². The van der Waals surface area contributed by atoms with Gasteiger partial charge in [-0.05, 0) is 49.9 Å². The molecule has 22 heavy (non-hydrogen) atoms. The summed E-state index contributed by atoms with van der Waals surface area (Å²) in [5.41, 5.74) is 3.09. The summed E-state index contributed by atoms with van der Waals surface area (Å²) in [7, 11) is -3.46. The van der Waals surface area contributed by atoms with E-state index < -0.39 is 10.0 Å². The first-order valence-corrected chi connectivity index (χ1v) is 8.92. The molecule has 1 saturated heterocycles. The van der Waals surface area contributed by atoms with Gasteiger partial charge in [0.25, 0.3) is 0 Å². The molecule has 0 radical (unpaired) electrons. The van der Waals surface area contributed by atoms with Gasteiger partial charge in [0.15, 0.2) is 0 Å². The van der Waals surface area contributed by atoms with Crippen molar-refractivity contribution in [3.63, 3.8) is 0 Å². The summed E-state index contributed by atoms with van der Waals surface area (Å²) >= 11 is 0. The summed E-state index contributed by atoms with van der Waals surface area (Å²) in [6.07, 6.45) is 5.29. The molecule has 1 aromatic carbocycles. The first kappa shape index (κ1) is 15.2. The van der Waals surface area contributed by atoms with Crippen molar-refractivity contribution < 1.29 is 8.42 Å². The molecule has 1 fully saturated rings. The first-order valence-electron chi connectivity index (χ1n) is 7.48. The lowest BCUT2D eigenvalue weighted by molar-refractivity contribution is 0.396. The summed E-state index contributed by atoms with van der Waals surface area (Å²) in [4.78, 5) is 4.57. The molecular formula is C17H20N2O2S. The number of hydrogen-bond donors (Lipinski definition) is 0. The zero-order valence-corrected chi connectivity index (χ0v) is 13.7. The number of pyridine rings is 1. The maximum absolute atomic E-state index is 12.9. The quantitative estimate of drug-likeness (QED) is 0.873. The molecule has 1 atom stereocenters. The van der Waals surface area contributed by atoms with E-state index in [-0.39, 0.29) is 6.04 Å². The number of sulfonamides is 1. The number of aryl methyl sites for hydroxylation is 2. The van der Waals surface area contributed by atoms with E-state index >= 15 is 0 Å². The van der Waals surface area contributed by atoms with Crippen molar-refractivity contribution >= 4 is 10.0 Å². The van der Waals surface area contributed by atoms with Gasteiger partial charge in [0.2, 0.25) is 10.0 Å². The molecule has 5 heteroatoms. The SMILES string of the molecule is Cc1ccc(S(=O)(=O)N2CCCC2c2cncc(C)c2)cc1. The third-order valence-corrected chi connectivity index (χ3v) is 6.03. The van der Waals surface area contributed by atoms with E-state index in [9.17, 15) is 8.42 Å². The van der Waals surface area contributed by atoms with E-state index in [1.807, 2.05) is 32.0 Å². The first-order chi connectivity index (χ1) is 10.5. The van der Waals surface area contributed by atoms with Crippen molar-refractivity contribution in [1.82, 2.24) is 9.29 Å². The molecule has 0 N–H and O–H groups in total. The smallest absolute Gasteiger partial charge is 0.243 e. The highest BCUT2D eigenvalue weighted by Crippen LogP contribution is 2.36. The molecule has 0 amide bonds. The van der Waals surface area contributed by atoms with E-state index in [4.69, 9.17) is 0 Å². The van der Waals surface area contributed by atoms with Crippen LogP contribution >= 0.6 is 0 Å². The monoisotopic (exact) mass is 316 g/mol. The van der Waals surface area contributed by atoms with Gasteiger partial charge in [0.05, 0.1) is 10.9 Å². The Hall–Kier alpha value is -1.72. The second-order valence-electron chi connectivity index (χ2n) is 5.88. The van der Waals surface area contributed by atoms with Crippen LogP contribution in [0.25, 0.3) is 0 Å². The standard InChI is InChI=1S/C17H20N2O2S/c1-13-5-7-16(8-6-13)22(20,21)19-9-3-4-17(19)15-10-14(2)11-18-12-15/h5-8,10-12,17H,3-4,9H2,1-2H3. The summed E-state index contributed by atoms with van der Waals surface area (Å²) < 4.78 is 27.5. The lowest BCUT2D eigenvalue weighted by Gasteiger charge is -2.24. The van der Waals surface area contributed by atoms with Crippen LogP contribution in [-0.4, -0.2) is 24.3 Å². The number of nitrogens with zero attached hydrogens (tertiary/aromatic N) is 2. The average Bonchev–Trinajstić information content (AvgIpc) is 2.98. The molecule has 3 rings (SSSR count). The van der Waals surface area contributed by atoms with Gasteiger partial charge in [-0.3, -0.25) is 4.98 Å². The predicted molar refractivity (Wildman–Crippen MR) is 86.0 cm³/mol. The second-order valence-corrected chi connectivity index (χ2v) is 7.77. The van der Waals surface area contributed by atoms with Crippen LogP contribution in [0.3, 0.4) is 0 Å². The van der Waals surface area contributed by atoms with Crippen molar-refractivity contribution in [2.75, 3.05) is 6.54 Å². The maximum Gasteiger partial charge on any atom is 0.243 e. The summed E-state index contributed by atoms with van der Waals surface area (Å²) in [5, 5.41) is 0. The molecule has 2 heterocycles. The minimum atomic E-state index is -3.46. The predicted octanol–water partition coefficient (Wildman–Crippen LogP) is 3.22. The Labute approximate surface area is 131 Å². The van der Waals surface area contributed by atoms with Crippen LogP contribution in [-0.2, 0) is 10.0 Å². The fraction of sp³-hybridized carbons (Fsp3) is 0.353. The van der Waals surface area contributed by atoms with Gasteiger partial charge in [-0.2, -0.15) is 4.31 Å². The summed E-state index contributed by atoms with van der Waals surface area (Å²) in [6.45, 7) is 4.49. The van der Waals surface area contributed by atoms with Crippen LogP contribution < -0.4 is 0 Å². The molecule has 0 bridgehead atoms. The molecule has 1 aliphatic heterocycles. The molecule has 4 nitrogen and oxygen atoms in total. The Morgan fingerprint density at radius 2 is 1.82 bits per heavy atom. The molecule has 1 aromatic heterocycles. The summed E-state index contributed by atoms with van der Waals surface area (Å²) in [5.74, 6) is 0. The molecule has 0 saturated carbocycles. The highest BCUT2D eigenvalue weighted by Gasteiger charge is 2.36. The van der Waals surface area contributed by atoms with Crippen LogP contribution in [0, 0.1) is 13.8 Å². The van der Waals surface area contributed by atoms with Crippen molar-refractivity contribution in [1.29, 1.82) is 0 Å². The van der Waals surface area contributed by atoms with E-state index in [1.165, 1.54) is 0 Å². The number of benzene rings is 1. The lowest BCUT2D eigenvalue weighted by atomic mass is 10.1. The minimum Gasteiger partial charge on any atom is -0.264 e. The molecule has 1 aliphatic rings. The van der Waals surface area contributed by atoms with E-state index in [2.05, 4.69) is 4.98 Å². The highest BCUT2D eigenvalue weighted by atomic mass is 32.2. The van der Waals surface area contributed by atoms with E-state index in [0.717, 1.165) is 29.5 Å². The Bertz CT molecular complexity index is 770. The zero-order chi connectivity index (χ0) is 15.7. The molecule has 0 spiro atoms. The fourth-order valence-electron chi connectivity index (χ4n) is 2.97. The number of aromatic nitrogens is 1. The minimum absolute atomic E-state index is 0.112. The average molecular weight is 316 g/mol. The lowest BCUT2D eigenvalue weighted by Crippen LogP contribution is -2.30. The van der Waals surface area contributed by atoms with Crippen molar-refractivity contribution in [2.45, 2.75) is 37.6 Å². The van der Waals surface area contributed by atoms with Crippen molar-refractivity contribution in [2.24, 2.45) is 0 Å². The molecule has 116 valence electrons. The third kappa shape index (κ3) is 2.78. The topological polar surface area (TPSA) is 50.3 Å². The van der Waals surface area contributed by atoms with Crippen LogP contribution in [0.1, 0.15) is 35.6 Å². The molecule has 2 aromatic rings. The van der Waals surface area contributed by atoms with Crippen LogP contribution in [0.15, 0.2) is 47.6 Å². The highest BCUT2D eigenvalue weighted by molar-refractivity contribution is 7.89. The van der Waals surface area contributed by atoms with Gasteiger partial charge in [-0.1, -0.05) is 23.8 Å². The van der Waals surface area contributed by atoms with Gasteiger partial charge in [-0.25, -0.2) is 8.42 Å². The largest absolute Gasteiger partial charge is 0.264 e. The van der Waals surface area contributed by atoms with Crippen LogP contribution in [0.5, 0.6) is 0 Å². The third-order valence-electron chi connectivity index (χ3n) is 4.11. The Balaban J connectivity index is 1.97. The summed E-state index contributed by atoms with van der Waals surface area (Å²) in [6, 6.07) is 8.97.